The molecule has 0 aliphatic heterocycles. The molecule has 0 spiro atoms. The van der Waals surface area contributed by atoms with E-state index >= 15 is 0 Å². The summed E-state index contributed by atoms with van der Waals surface area (Å²) in [7, 11) is 0. The second-order valence-electron chi connectivity index (χ2n) is 4.43. The number of benzene rings is 1. The molecular weight excluding hydrogens is 245 g/mol. The predicted octanol–water partition coefficient (Wildman–Crippen LogP) is 2.33. The minimum Gasteiger partial charge on any atom is -0.393 e. The maximum Gasteiger partial charge on any atom is 0.294 e. The lowest BCUT2D eigenvalue weighted by atomic mass is 10.3. The average Bonchev–Trinajstić information content (AvgIpc) is 2.62. The molecule has 2 rings (SSSR count). The van der Waals surface area contributed by atoms with Crippen LogP contribution in [-0.4, -0.2) is 9.36 Å². The van der Waals surface area contributed by atoms with E-state index in [2.05, 4.69) is 0 Å². The van der Waals surface area contributed by atoms with E-state index in [4.69, 9.17) is 5.73 Å². The number of nitrogen functional groups attached to an aromatic ring is 1. The van der Waals surface area contributed by atoms with E-state index in [-0.39, 0.29) is 17.1 Å². The van der Waals surface area contributed by atoms with E-state index in [1.165, 1.54) is 16.8 Å². The van der Waals surface area contributed by atoms with Crippen LogP contribution in [0.5, 0.6) is 0 Å². The second kappa shape index (κ2) is 5.30. The van der Waals surface area contributed by atoms with Gasteiger partial charge >= 0.3 is 0 Å². The molecule has 0 bridgehead atoms. The summed E-state index contributed by atoms with van der Waals surface area (Å²) in [5.41, 5.74) is 7.15. The quantitative estimate of drug-likeness (QED) is 0.920. The molecule has 1 aromatic carbocycles. The van der Waals surface area contributed by atoms with Crippen LogP contribution in [0.2, 0.25) is 0 Å². The highest BCUT2D eigenvalue weighted by atomic mass is 19.1. The van der Waals surface area contributed by atoms with Crippen LogP contribution in [0.4, 0.5) is 10.1 Å². The van der Waals surface area contributed by atoms with Crippen LogP contribution in [0.3, 0.4) is 0 Å². The molecule has 2 aromatic rings. The molecule has 0 amide bonds. The predicted molar refractivity (Wildman–Crippen MR) is 74.1 cm³/mol. The first-order valence-corrected chi connectivity index (χ1v) is 6.46. The molecule has 19 heavy (non-hydrogen) atoms. The number of rotatable bonds is 4. The fourth-order valence-electron chi connectivity index (χ4n) is 2.29. The third-order valence-electron chi connectivity index (χ3n) is 3.11. The van der Waals surface area contributed by atoms with Crippen molar-refractivity contribution in [3.63, 3.8) is 0 Å². The second-order valence-corrected chi connectivity index (χ2v) is 4.43. The molecule has 0 atom stereocenters. The van der Waals surface area contributed by atoms with Gasteiger partial charge in [0, 0.05) is 6.54 Å². The number of nitrogens with two attached hydrogens (primary N) is 1. The molecule has 0 radical (unpaired) electrons. The van der Waals surface area contributed by atoms with Gasteiger partial charge in [-0.2, -0.15) is 0 Å². The maximum absolute atomic E-state index is 13.3. The lowest BCUT2D eigenvalue weighted by molar-refractivity contribution is 0.514. The van der Waals surface area contributed by atoms with E-state index in [0.717, 1.165) is 12.1 Å². The van der Waals surface area contributed by atoms with Gasteiger partial charge < -0.3 is 5.73 Å². The molecule has 4 nitrogen and oxygen atoms in total. The Labute approximate surface area is 111 Å². The molecule has 1 aromatic heterocycles. The number of hydrogen-bond donors (Lipinski definition) is 1. The van der Waals surface area contributed by atoms with Crippen molar-refractivity contribution < 1.29 is 4.39 Å². The van der Waals surface area contributed by atoms with Crippen LogP contribution < -0.4 is 11.3 Å². The Kier molecular flexibility index (Phi) is 3.74. The molecule has 0 aliphatic rings. The topological polar surface area (TPSA) is 52.9 Å². The Balaban J connectivity index is 2.71. The summed E-state index contributed by atoms with van der Waals surface area (Å²) in [5, 5.41) is 0. The number of halogens is 1. The van der Waals surface area contributed by atoms with Gasteiger partial charge in [-0.15, -0.1) is 0 Å². The number of aromatic nitrogens is 2. The minimum absolute atomic E-state index is 0.250. The summed E-state index contributed by atoms with van der Waals surface area (Å²) in [6, 6.07) is 5.98. The number of nitrogens with zero attached hydrogens (tertiary/aromatic N) is 2. The van der Waals surface area contributed by atoms with Crippen molar-refractivity contribution in [2.24, 2.45) is 0 Å². The van der Waals surface area contributed by atoms with Crippen molar-refractivity contribution in [1.82, 2.24) is 9.36 Å². The van der Waals surface area contributed by atoms with Crippen LogP contribution in [0.1, 0.15) is 26.0 Å². The molecule has 5 heteroatoms. The van der Waals surface area contributed by atoms with Crippen LogP contribution >= 0.6 is 0 Å². The average molecular weight is 263 g/mol. The monoisotopic (exact) mass is 263 g/mol. The van der Waals surface area contributed by atoms with Gasteiger partial charge in [0.2, 0.25) is 0 Å². The lowest BCUT2D eigenvalue weighted by Gasteiger charge is -2.13. The summed E-state index contributed by atoms with van der Waals surface area (Å²) in [5.74, 6) is -0.370. The first kappa shape index (κ1) is 13.4. The Bertz CT molecular complexity index is 643. The van der Waals surface area contributed by atoms with Crippen LogP contribution in [0.25, 0.3) is 5.69 Å². The first-order valence-electron chi connectivity index (χ1n) is 6.46. The fraction of sp³-hybridized carbons (Fsp3) is 0.357. The van der Waals surface area contributed by atoms with Gasteiger partial charge in [-0.25, -0.2) is 9.07 Å². The SMILES string of the molecule is CCCn1c(CC)c(N)c(=O)n1-c1cccc(F)c1. The van der Waals surface area contributed by atoms with Crippen LogP contribution in [0, 0.1) is 5.82 Å². The standard InChI is InChI=1S/C14H18FN3O/c1-3-8-17-12(4-2)13(16)14(19)18(17)11-7-5-6-10(15)9-11/h5-7,9H,3-4,8,16H2,1-2H3. The highest BCUT2D eigenvalue weighted by Gasteiger charge is 2.17. The molecule has 0 unspecified atom stereocenters. The van der Waals surface area contributed by atoms with Gasteiger partial charge in [-0.05, 0) is 31.0 Å². The largest absolute Gasteiger partial charge is 0.393 e. The zero-order valence-electron chi connectivity index (χ0n) is 11.2. The molecule has 0 fully saturated rings. The molecule has 1 heterocycles. The molecule has 0 saturated carbocycles. The van der Waals surface area contributed by atoms with E-state index in [1.54, 1.807) is 12.1 Å². The Morgan fingerprint density at radius 2 is 2.05 bits per heavy atom. The van der Waals surface area contributed by atoms with Crippen molar-refractivity contribution in [1.29, 1.82) is 0 Å². The maximum atomic E-state index is 13.3. The summed E-state index contributed by atoms with van der Waals surface area (Å²) >= 11 is 0. The van der Waals surface area contributed by atoms with Crippen molar-refractivity contribution in [2.45, 2.75) is 33.2 Å². The number of anilines is 1. The van der Waals surface area contributed by atoms with Gasteiger partial charge in [-0.1, -0.05) is 19.9 Å². The third-order valence-corrected chi connectivity index (χ3v) is 3.11. The van der Waals surface area contributed by atoms with Gasteiger partial charge in [0.05, 0.1) is 11.4 Å². The summed E-state index contributed by atoms with van der Waals surface area (Å²) < 4.78 is 16.6. The Hall–Kier alpha value is -2.04. The highest BCUT2D eigenvalue weighted by Crippen LogP contribution is 2.15. The van der Waals surface area contributed by atoms with E-state index < -0.39 is 0 Å². The Morgan fingerprint density at radius 3 is 2.63 bits per heavy atom. The van der Waals surface area contributed by atoms with Gasteiger partial charge in [-0.3, -0.25) is 9.48 Å². The highest BCUT2D eigenvalue weighted by molar-refractivity contribution is 5.45. The Morgan fingerprint density at radius 1 is 1.32 bits per heavy atom. The first-order chi connectivity index (χ1) is 9.10. The zero-order valence-corrected chi connectivity index (χ0v) is 11.2. The van der Waals surface area contributed by atoms with E-state index in [9.17, 15) is 9.18 Å². The molecule has 0 saturated heterocycles. The van der Waals surface area contributed by atoms with E-state index in [0.29, 0.717) is 18.7 Å². The summed E-state index contributed by atoms with van der Waals surface area (Å²) in [6.07, 6.45) is 1.54. The third kappa shape index (κ3) is 2.28. The fourth-order valence-corrected chi connectivity index (χ4v) is 2.29. The van der Waals surface area contributed by atoms with Crippen molar-refractivity contribution in [2.75, 3.05) is 5.73 Å². The van der Waals surface area contributed by atoms with Crippen molar-refractivity contribution in [3.8, 4) is 5.69 Å². The zero-order chi connectivity index (χ0) is 14.0. The molecule has 102 valence electrons. The van der Waals surface area contributed by atoms with Gasteiger partial charge in [0.15, 0.2) is 0 Å². The van der Waals surface area contributed by atoms with Crippen LogP contribution in [0.15, 0.2) is 29.1 Å². The van der Waals surface area contributed by atoms with Crippen molar-refractivity contribution >= 4 is 5.69 Å². The molecule has 2 N–H and O–H groups in total. The minimum atomic E-state index is -0.370. The smallest absolute Gasteiger partial charge is 0.294 e. The van der Waals surface area contributed by atoms with Crippen LogP contribution in [-0.2, 0) is 13.0 Å². The normalized spacial score (nSPS) is 10.9. The summed E-state index contributed by atoms with van der Waals surface area (Å²) in [6.45, 7) is 4.65. The molecular formula is C14H18FN3O. The van der Waals surface area contributed by atoms with E-state index in [1.807, 2.05) is 18.5 Å². The van der Waals surface area contributed by atoms with Gasteiger partial charge in [0.1, 0.15) is 11.5 Å². The van der Waals surface area contributed by atoms with Gasteiger partial charge in [0.25, 0.3) is 5.56 Å². The molecule has 0 aliphatic carbocycles. The lowest BCUT2D eigenvalue weighted by Crippen LogP contribution is -2.22. The summed E-state index contributed by atoms with van der Waals surface area (Å²) in [4.78, 5) is 12.3. The number of hydrogen-bond acceptors (Lipinski definition) is 2. The van der Waals surface area contributed by atoms with Crippen molar-refractivity contribution in [3.05, 3.63) is 46.1 Å².